The molecule has 0 bridgehead atoms. The summed E-state index contributed by atoms with van der Waals surface area (Å²) in [5.41, 5.74) is 1.69. The van der Waals surface area contributed by atoms with Gasteiger partial charge in [-0.3, -0.25) is 9.36 Å². The second-order valence-electron chi connectivity index (χ2n) is 4.06. The molecule has 1 aromatic heterocycles. The van der Waals surface area contributed by atoms with E-state index in [0.29, 0.717) is 17.9 Å². The van der Waals surface area contributed by atoms with Crippen molar-refractivity contribution in [3.05, 3.63) is 50.1 Å². The fourth-order valence-electron chi connectivity index (χ4n) is 1.80. The zero-order chi connectivity index (χ0) is 14.0. The molecule has 0 saturated heterocycles. The molecule has 100 valence electrons. The molecule has 1 heterocycles. The number of hydrogen-bond donors (Lipinski definition) is 1. The lowest BCUT2D eigenvalue weighted by Gasteiger charge is -2.10. The SMILES string of the molecule is COc1ccc(C(=O)O)cc1Cn1c(C)csc1=O. The highest BCUT2D eigenvalue weighted by Crippen LogP contribution is 2.21. The van der Waals surface area contributed by atoms with Crippen LogP contribution in [-0.4, -0.2) is 22.8 Å². The van der Waals surface area contributed by atoms with E-state index in [-0.39, 0.29) is 10.4 Å². The maximum atomic E-state index is 11.7. The summed E-state index contributed by atoms with van der Waals surface area (Å²) in [5, 5.41) is 10.8. The maximum Gasteiger partial charge on any atom is 0.335 e. The number of aromatic carboxylic acids is 1. The molecule has 0 unspecified atom stereocenters. The number of methoxy groups -OCH3 is 1. The van der Waals surface area contributed by atoms with Crippen LogP contribution in [0.25, 0.3) is 0 Å². The normalized spacial score (nSPS) is 10.4. The third-order valence-corrected chi connectivity index (χ3v) is 3.71. The van der Waals surface area contributed by atoms with Crippen molar-refractivity contribution in [3.8, 4) is 5.75 Å². The molecule has 2 rings (SSSR count). The van der Waals surface area contributed by atoms with Gasteiger partial charge in [0.1, 0.15) is 5.75 Å². The monoisotopic (exact) mass is 279 g/mol. The van der Waals surface area contributed by atoms with Gasteiger partial charge in [-0.25, -0.2) is 4.79 Å². The molecular formula is C13H13NO4S. The van der Waals surface area contributed by atoms with Crippen molar-refractivity contribution >= 4 is 17.3 Å². The van der Waals surface area contributed by atoms with Crippen LogP contribution in [0, 0.1) is 6.92 Å². The number of benzene rings is 1. The Bertz CT molecular complexity index is 672. The lowest BCUT2D eigenvalue weighted by molar-refractivity contribution is 0.0696. The number of carboxylic acid groups (broad SMARTS) is 1. The third-order valence-electron chi connectivity index (χ3n) is 2.83. The molecule has 0 saturated carbocycles. The molecule has 2 aromatic rings. The van der Waals surface area contributed by atoms with Gasteiger partial charge in [0.25, 0.3) is 0 Å². The molecular weight excluding hydrogens is 266 g/mol. The van der Waals surface area contributed by atoms with Crippen LogP contribution in [0.15, 0.2) is 28.4 Å². The first-order valence-electron chi connectivity index (χ1n) is 5.58. The predicted octanol–water partition coefficient (Wildman–Crippen LogP) is 1.97. The standard InChI is InChI=1S/C13H13NO4S/c1-8-7-19-13(17)14(8)6-10-5-9(12(15)16)3-4-11(10)18-2/h3-5,7H,6H2,1-2H3,(H,15,16). The molecule has 19 heavy (non-hydrogen) atoms. The minimum absolute atomic E-state index is 0.0692. The number of nitrogens with zero attached hydrogens (tertiary/aromatic N) is 1. The minimum atomic E-state index is -1.00. The maximum absolute atomic E-state index is 11.7. The van der Waals surface area contributed by atoms with Gasteiger partial charge in [-0.05, 0) is 25.1 Å². The van der Waals surface area contributed by atoms with Gasteiger partial charge in [-0.1, -0.05) is 11.3 Å². The van der Waals surface area contributed by atoms with Gasteiger partial charge in [0.15, 0.2) is 0 Å². The Hall–Kier alpha value is -2.08. The van der Waals surface area contributed by atoms with Crippen molar-refractivity contribution in [2.45, 2.75) is 13.5 Å². The van der Waals surface area contributed by atoms with E-state index in [1.807, 2.05) is 6.92 Å². The molecule has 0 aliphatic carbocycles. The number of hydrogen-bond acceptors (Lipinski definition) is 4. The number of ether oxygens (including phenoxy) is 1. The first kappa shape index (κ1) is 13.4. The third kappa shape index (κ3) is 2.68. The predicted molar refractivity (Wildman–Crippen MR) is 72.4 cm³/mol. The summed E-state index contributed by atoms with van der Waals surface area (Å²) in [4.78, 5) is 22.6. The number of thiazole rings is 1. The lowest BCUT2D eigenvalue weighted by atomic mass is 10.1. The molecule has 1 N–H and O–H groups in total. The summed E-state index contributed by atoms with van der Waals surface area (Å²) >= 11 is 1.12. The molecule has 0 spiro atoms. The van der Waals surface area contributed by atoms with Crippen molar-refractivity contribution in [1.82, 2.24) is 4.57 Å². The van der Waals surface area contributed by atoms with E-state index in [1.165, 1.54) is 19.2 Å². The second kappa shape index (κ2) is 5.27. The van der Waals surface area contributed by atoms with E-state index in [0.717, 1.165) is 17.0 Å². The highest BCUT2D eigenvalue weighted by Gasteiger charge is 2.11. The van der Waals surface area contributed by atoms with Crippen LogP contribution in [0.4, 0.5) is 0 Å². The average Bonchev–Trinajstić information content (AvgIpc) is 2.70. The van der Waals surface area contributed by atoms with Crippen LogP contribution in [0.5, 0.6) is 5.75 Å². The zero-order valence-electron chi connectivity index (χ0n) is 10.5. The van der Waals surface area contributed by atoms with Gasteiger partial charge in [0, 0.05) is 16.6 Å². The van der Waals surface area contributed by atoms with Gasteiger partial charge >= 0.3 is 10.8 Å². The quantitative estimate of drug-likeness (QED) is 0.929. The Morgan fingerprint density at radius 1 is 1.47 bits per heavy atom. The summed E-state index contributed by atoms with van der Waals surface area (Å²) in [6.45, 7) is 2.14. The van der Waals surface area contributed by atoms with E-state index < -0.39 is 5.97 Å². The average molecular weight is 279 g/mol. The van der Waals surface area contributed by atoms with Gasteiger partial charge in [0.2, 0.25) is 0 Å². The van der Waals surface area contributed by atoms with Crippen LogP contribution in [0.1, 0.15) is 21.6 Å². The summed E-state index contributed by atoms with van der Waals surface area (Å²) < 4.78 is 6.80. The number of carbonyl (C=O) groups is 1. The molecule has 5 nitrogen and oxygen atoms in total. The number of rotatable bonds is 4. The van der Waals surface area contributed by atoms with E-state index in [9.17, 15) is 9.59 Å². The van der Waals surface area contributed by atoms with Crippen molar-refractivity contribution in [2.24, 2.45) is 0 Å². The van der Waals surface area contributed by atoms with Crippen LogP contribution in [-0.2, 0) is 6.54 Å². The second-order valence-corrected chi connectivity index (χ2v) is 4.88. The van der Waals surface area contributed by atoms with Crippen molar-refractivity contribution in [3.63, 3.8) is 0 Å². The fraction of sp³-hybridized carbons (Fsp3) is 0.231. The van der Waals surface area contributed by atoms with Crippen molar-refractivity contribution in [1.29, 1.82) is 0 Å². The van der Waals surface area contributed by atoms with E-state index in [2.05, 4.69) is 0 Å². The van der Waals surface area contributed by atoms with Gasteiger partial charge in [-0.15, -0.1) is 0 Å². The summed E-state index contributed by atoms with van der Waals surface area (Å²) in [5.74, 6) is -0.430. The van der Waals surface area contributed by atoms with Gasteiger partial charge in [-0.2, -0.15) is 0 Å². The van der Waals surface area contributed by atoms with E-state index in [1.54, 1.807) is 16.0 Å². The number of aromatic nitrogens is 1. The highest BCUT2D eigenvalue weighted by atomic mass is 32.1. The molecule has 1 aromatic carbocycles. The first-order valence-corrected chi connectivity index (χ1v) is 6.46. The molecule has 6 heteroatoms. The topological polar surface area (TPSA) is 68.5 Å². The summed E-state index contributed by atoms with van der Waals surface area (Å²) in [6, 6.07) is 4.62. The Kier molecular flexibility index (Phi) is 3.71. The lowest BCUT2D eigenvalue weighted by Crippen LogP contribution is -2.16. The van der Waals surface area contributed by atoms with Crippen molar-refractivity contribution < 1.29 is 14.6 Å². The van der Waals surface area contributed by atoms with Crippen LogP contribution < -0.4 is 9.61 Å². The Morgan fingerprint density at radius 2 is 2.21 bits per heavy atom. The molecule has 0 atom stereocenters. The largest absolute Gasteiger partial charge is 0.496 e. The van der Waals surface area contributed by atoms with Crippen LogP contribution >= 0.6 is 11.3 Å². The van der Waals surface area contributed by atoms with Crippen molar-refractivity contribution in [2.75, 3.05) is 7.11 Å². The van der Waals surface area contributed by atoms with E-state index in [4.69, 9.17) is 9.84 Å². The van der Waals surface area contributed by atoms with E-state index >= 15 is 0 Å². The molecule has 0 amide bonds. The zero-order valence-corrected chi connectivity index (χ0v) is 11.4. The molecule has 0 radical (unpaired) electrons. The summed E-state index contributed by atoms with van der Waals surface area (Å²) in [7, 11) is 1.52. The molecule has 0 fully saturated rings. The van der Waals surface area contributed by atoms with Crippen LogP contribution in [0.3, 0.4) is 0 Å². The fourth-order valence-corrected chi connectivity index (χ4v) is 2.54. The molecule has 0 aliphatic heterocycles. The molecule has 0 aliphatic rings. The number of carboxylic acids is 1. The highest BCUT2D eigenvalue weighted by molar-refractivity contribution is 7.07. The first-order chi connectivity index (χ1) is 9.02. The smallest absolute Gasteiger partial charge is 0.335 e. The Balaban J connectivity index is 2.46. The van der Waals surface area contributed by atoms with Gasteiger partial charge < -0.3 is 9.84 Å². The Labute approximate surface area is 113 Å². The van der Waals surface area contributed by atoms with Crippen LogP contribution in [0.2, 0.25) is 0 Å². The Morgan fingerprint density at radius 3 is 2.74 bits per heavy atom. The summed E-state index contributed by atoms with van der Waals surface area (Å²) in [6.07, 6.45) is 0. The minimum Gasteiger partial charge on any atom is -0.496 e. The van der Waals surface area contributed by atoms with Gasteiger partial charge in [0.05, 0.1) is 19.2 Å². The number of aryl methyl sites for hydroxylation is 1.